The zero-order valence-corrected chi connectivity index (χ0v) is 15.0. The van der Waals surface area contributed by atoms with E-state index in [9.17, 15) is 13.2 Å². The average Bonchev–Trinajstić information content (AvgIpc) is 2.62. The summed E-state index contributed by atoms with van der Waals surface area (Å²) in [5.74, 6) is -0.0760. The minimum absolute atomic E-state index is 0.134. The van der Waals surface area contributed by atoms with Crippen molar-refractivity contribution in [3.63, 3.8) is 0 Å². The number of amides is 1. The number of nitrogens with zero attached hydrogens (tertiary/aromatic N) is 2. The maximum absolute atomic E-state index is 12.9. The predicted molar refractivity (Wildman–Crippen MR) is 93.0 cm³/mol. The van der Waals surface area contributed by atoms with Gasteiger partial charge in [0, 0.05) is 25.7 Å². The highest BCUT2D eigenvalue weighted by atomic mass is 32.2. The van der Waals surface area contributed by atoms with E-state index in [-0.39, 0.29) is 17.9 Å². The molecule has 2 saturated heterocycles. The number of likely N-dealkylation sites (tertiary alicyclic amines) is 1. The van der Waals surface area contributed by atoms with Gasteiger partial charge in [0.15, 0.2) is 0 Å². The summed E-state index contributed by atoms with van der Waals surface area (Å²) in [6, 6.07) is 8.77. The number of piperidine rings is 2. The first-order valence-electron chi connectivity index (χ1n) is 8.86. The Bertz CT molecular complexity index is 675. The Hall–Kier alpha value is -1.40. The molecule has 1 aromatic carbocycles. The third-order valence-corrected chi connectivity index (χ3v) is 7.08. The molecule has 0 saturated carbocycles. The highest BCUT2D eigenvalue weighted by Crippen LogP contribution is 2.27. The quantitative estimate of drug-likeness (QED) is 0.841. The molecule has 0 bridgehead atoms. The normalized spacial score (nSPS) is 26.3. The number of carbonyl (C=O) groups excluding carboxylic acids is 1. The van der Waals surface area contributed by atoms with Crippen molar-refractivity contribution < 1.29 is 13.2 Å². The van der Waals surface area contributed by atoms with E-state index in [1.54, 1.807) is 30.3 Å². The van der Waals surface area contributed by atoms with Crippen LogP contribution in [0.15, 0.2) is 35.2 Å². The van der Waals surface area contributed by atoms with E-state index in [4.69, 9.17) is 0 Å². The molecule has 1 amide bonds. The van der Waals surface area contributed by atoms with E-state index in [2.05, 4.69) is 6.92 Å². The van der Waals surface area contributed by atoms with Gasteiger partial charge in [0.25, 0.3) is 0 Å². The summed E-state index contributed by atoms with van der Waals surface area (Å²) >= 11 is 0. The molecule has 2 fully saturated rings. The molecule has 3 rings (SSSR count). The number of rotatable bonds is 3. The van der Waals surface area contributed by atoms with Gasteiger partial charge in [0.05, 0.1) is 10.8 Å². The average molecular weight is 350 g/mol. The zero-order valence-electron chi connectivity index (χ0n) is 14.2. The molecule has 0 spiro atoms. The fraction of sp³-hybridized carbons (Fsp3) is 0.611. The Labute approximate surface area is 144 Å². The van der Waals surface area contributed by atoms with Gasteiger partial charge >= 0.3 is 0 Å². The Kier molecular flexibility index (Phi) is 5.25. The van der Waals surface area contributed by atoms with Crippen molar-refractivity contribution in [2.75, 3.05) is 19.6 Å². The molecule has 132 valence electrons. The molecule has 0 aliphatic carbocycles. The van der Waals surface area contributed by atoms with Crippen molar-refractivity contribution in [2.24, 2.45) is 5.92 Å². The maximum atomic E-state index is 12.9. The molecule has 1 aromatic rings. The van der Waals surface area contributed by atoms with Gasteiger partial charge in [-0.15, -0.1) is 0 Å². The van der Waals surface area contributed by atoms with Crippen LogP contribution in [0.1, 0.15) is 39.0 Å². The van der Waals surface area contributed by atoms with Crippen LogP contribution in [0.3, 0.4) is 0 Å². The summed E-state index contributed by atoms with van der Waals surface area (Å²) in [6.45, 7) is 3.70. The largest absolute Gasteiger partial charge is 0.340 e. The van der Waals surface area contributed by atoms with Gasteiger partial charge in [-0.3, -0.25) is 4.79 Å². The van der Waals surface area contributed by atoms with Crippen molar-refractivity contribution >= 4 is 15.9 Å². The van der Waals surface area contributed by atoms with Crippen molar-refractivity contribution in [3.05, 3.63) is 30.3 Å². The minimum atomic E-state index is -3.51. The first-order chi connectivity index (χ1) is 11.5. The first kappa shape index (κ1) is 17.4. The first-order valence-corrected chi connectivity index (χ1v) is 10.3. The molecule has 0 radical (unpaired) electrons. The molecule has 2 aliphatic rings. The van der Waals surface area contributed by atoms with Crippen LogP contribution < -0.4 is 0 Å². The monoisotopic (exact) mass is 350 g/mol. The van der Waals surface area contributed by atoms with E-state index in [1.165, 1.54) is 10.7 Å². The van der Waals surface area contributed by atoms with Crippen LogP contribution in [0, 0.1) is 5.92 Å². The predicted octanol–water partition coefficient (Wildman–Crippen LogP) is 2.49. The van der Waals surface area contributed by atoms with Gasteiger partial charge in [-0.1, -0.05) is 18.2 Å². The smallest absolute Gasteiger partial charge is 0.243 e. The molecule has 2 heterocycles. The molecule has 5 nitrogen and oxygen atoms in total. The van der Waals surface area contributed by atoms with Crippen LogP contribution in [0.5, 0.6) is 0 Å². The summed E-state index contributed by atoms with van der Waals surface area (Å²) in [5, 5.41) is 0. The van der Waals surface area contributed by atoms with Crippen LogP contribution in [0.25, 0.3) is 0 Å². The number of benzene rings is 1. The Morgan fingerprint density at radius 1 is 1.04 bits per heavy atom. The van der Waals surface area contributed by atoms with E-state index >= 15 is 0 Å². The fourth-order valence-electron chi connectivity index (χ4n) is 3.76. The number of hydrogen-bond donors (Lipinski definition) is 0. The molecule has 0 aromatic heterocycles. The minimum Gasteiger partial charge on any atom is -0.340 e. The van der Waals surface area contributed by atoms with Crippen LogP contribution in [0.4, 0.5) is 0 Å². The number of carbonyl (C=O) groups is 1. The Balaban J connectivity index is 1.73. The lowest BCUT2D eigenvalue weighted by molar-refractivity contribution is -0.140. The zero-order chi connectivity index (χ0) is 17.2. The molecular formula is C18H26N2O3S. The molecular weight excluding hydrogens is 324 g/mol. The summed E-state index contributed by atoms with van der Waals surface area (Å²) < 4.78 is 27.1. The molecule has 6 heteroatoms. The fourth-order valence-corrected chi connectivity index (χ4v) is 5.31. The lowest BCUT2D eigenvalue weighted by Gasteiger charge is -2.38. The van der Waals surface area contributed by atoms with Gasteiger partial charge in [-0.2, -0.15) is 4.31 Å². The maximum Gasteiger partial charge on any atom is 0.243 e. The third kappa shape index (κ3) is 3.49. The highest BCUT2D eigenvalue weighted by Gasteiger charge is 2.36. The van der Waals surface area contributed by atoms with E-state index in [1.807, 2.05) is 4.90 Å². The van der Waals surface area contributed by atoms with Crippen molar-refractivity contribution in [3.8, 4) is 0 Å². The summed E-state index contributed by atoms with van der Waals surface area (Å²) in [5.41, 5.74) is 0. The third-order valence-electron chi connectivity index (χ3n) is 5.20. The standard InChI is InChI=1S/C18H26N2O3S/c1-15-8-5-6-13-20(15)18(21)16-9-7-12-19(14-16)24(22,23)17-10-3-2-4-11-17/h2-4,10-11,15-16H,5-9,12-14H2,1H3/t15-,16+/m1/s1. The van der Waals surface area contributed by atoms with Crippen molar-refractivity contribution in [1.82, 2.24) is 9.21 Å². The van der Waals surface area contributed by atoms with Gasteiger partial charge in [-0.25, -0.2) is 8.42 Å². The lowest BCUT2D eigenvalue weighted by atomic mass is 9.95. The summed E-state index contributed by atoms with van der Waals surface area (Å²) in [6.07, 6.45) is 4.79. The Morgan fingerprint density at radius 3 is 2.50 bits per heavy atom. The summed E-state index contributed by atoms with van der Waals surface area (Å²) in [4.78, 5) is 15.2. The SMILES string of the molecule is C[C@@H]1CCCCN1C(=O)[C@H]1CCCN(S(=O)(=O)c2ccccc2)C1. The number of sulfonamides is 1. The van der Waals surface area contributed by atoms with Crippen molar-refractivity contribution in [1.29, 1.82) is 0 Å². The second-order valence-corrected chi connectivity index (χ2v) is 8.83. The summed E-state index contributed by atoms with van der Waals surface area (Å²) in [7, 11) is -3.51. The van der Waals surface area contributed by atoms with E-state index in [0.717, 1.165) is 32.2 Å². The van der Waals surface area contributed by atoms with Crippen LogP contribution in [-0.4, -0.2) is 49.2 Å². The van der Waals surface area contributed by atoms with Crippen LogP contribution in [-0.2, 0) is 14.8 Å². The second kappa shape index (κ2) is 7.23. The van der Waals surface area contributed by atoms with Gasteiger partial charge < -0.3 is 4.90 Å². The van der Waals surface area contributed by atoms with Gasteiger partial charge in [-0.05, 0) is 51.2 Å². The van der Waals surface area contributed by atoms with E-state index < -0.39 is 10.0 Å². The van der Waals surface area contributed by atoms with Gasteiger partial charge in [0.2, 0.25) is 15.9 Å². The molecule has 0 N–H and O–H groups in total. The van der Waals surface area contributed by atoms with E-state index in [0.29, 0.717) is 18.0 Å². The van der Waals surface area contributed by atoms with Crippen LogP contribution in [0.2, 0.25) is 0 Å². The molecule has 2 atom stereocenters. The second-order valence-electron chi connectivity index (χ2n) is 6.89. The van der Waals surface area contributed by atoms with Crippen molar-refractivity contribution in [2.45, 2.75) is 50.0 Å². The Morgan fingerprint density at radius 2 is 1.79 bits per heavy atom. The molecule has 2 aliphatic heterocycles. The van der Waals surface area contributed by atoms with Crippen LogP contribution >= 0.6 is 0 Å². The van der Waals surface area contributed by atoms with Gasteiger partial charge in [0.1, 0.15) is 0 Å². The highest BCUT2D eigenvalue weighted by molar-refractivity contribution is 7.89. The molecule has 0 unspecified atom stereocenters. The number of hydrogen-bond acceptors (Lipinski definition) is 3. The topological polar surface area (TPSA) is 57.7 Å². The molecule has 24 heavy (non-hydrogen) atoms. The lowest BCUT2D eigenvalue weighted by Crippen LogP contribution is -2.50.